The molecule has 1 aromatic carbocycles. The number of carbonyl (C=O) groups is 1. The molecule has 2 aromatic rings. The Labute approximate surface area is 124 Å². The lowest BCUT2D eigenvalue weighted by molar-refractivity contribution is -0.385. The van der Waals surface area contributed by atoms with Crippen LogP contribution in [0.25, 0.3) is 6.08 Å². The van der Waals surface area contributed by atoms with E-state index in [0.717, 1.165) is 0 Å². The Morgan fingerprint density at radius 3 is 2.82 bits per heavy atom. The van der Waals surface area contributed by atoms with Crippen molar-refractivity contribution in [2.24, 2.45) is 4.99 Å². The molecule has 110 valence electrons. The maximum atomic E-state index is 11.8. The minimum Gasteiger partial charge on any atom is -0.465 e. The Morgan fingerprint density at radius 1 is 1.32 bits per heavy atom. The molecule has 0 spiro atoms. The summed E-state index contributed by atoms with van der Waals surface area (Å²) in [5, 5.41) is 11.0. The molecule has 0 saturated heterocycles. The first-order valence-electron chi connectivity index (χ1n) is 6.36. The summed E-state index contributed by atoms with van der Waals surface area (Å²) in [5.41, 5.74) is 0.909. The highest BCUT2D eigenvalue weighted by atomic mass is 16.6. The molecule has 0 aliphatic carbocycles. The molecule has 1 aromatic heterocycles. The van der Waals surface area contributed by atoms with Crippen molar-refractivity contribution in [3.63, 3.8) is 0 Å². The van der Waals surface area contributed by atoms with Gasteiger partial charge in [-0.15, -0.1) is 0 Å². The van der Waals surface area contributed by atoms with Gasteiger partial charge in [-0.25, -0.2) is 9.79 Å². The van der Waals surface area contributed by atoms with Crippen molar-refractivity contribution in [2.75, 3.05) is 0 Å². The number of benzene rings is 1. The van der Waals surface area contributed by atoms with E-state index in [2.05, 4.69) is 4.99 Å². The average molecular weight is 298 g/mol. The molecule has 0 saturated carbocycles. The molecule has 0 fully saturated rings. The quantitative estimate of drug-likeness (QED) is 0.376. The zero-order chi connectivity index (χ0) is 15.7. The third-order valence-electron chi connectivity index (χ3n) is 3.10. The fraction of sp³-hybridized carbons (Fsp3) is 0.0667. The van der Waals surface area contributed by atoms with Crippen LogP contribution in [0.5, 0.6) is 0 Å². The van der Waals surface area contributed by atoms with E-state index in [4.69, 9.17) is 9.15 Å². The van der Waals surface area contributed by atoms with Gasteiger partial charge in [-0.1, -0.05) is 6.07 Å². The van der Waals surface area contributed by atoms with Gasteiger partial charge in [-0.2, -0.15) is 0 Å². The van der Waals surface area contributed by atoms with E-state index >= 15 is 0 Å². The SMILES string of the molecule is Cc1ccc(C2=N/C(=C/c3ccco3)C(=O)O2)cc1[N+](=O)[O-]. The van der Waals surface area contributed by atoms with Crippen LogP contribution >= 0.6 is 0 Å². The minimum absolute atomic E-state index is 0.0332. The highest BCUT2D eigenvalue weighted by Crippen LogP contribution is 2.24. The monoisotopic (exact) mass is 298 g/mol. The van der Waals surface area contributed by atoms with Crippen molar-refractivity contribution in [3.8, 4) is 0 Å². The van der Waals surface area contributed by atoms with E-state index < -0.39 is 10.9 Å². The first-order chi connectivity index (χ1) is 10.5. The number of ether oxygens (including phenoxy) is 1. The molecule has 3 rings (SSSR count). The molecular formula is C15H10N2O5. The standard InChI is InChI=1S/C15H10N2O5/c1-9-4-5-10(7-13(9)17(19)20)14-16-12(15(18)22-14)8-11-3-2-6-21-11/h2-8H,1H3/b12-8+. The zero-order valence-corrected chi connectivity index (χ0v) is 11.5. The van der Waals surface area contributed by atoms with Crippen molar-refractivity contribution >= 4 is 23.6 Å². The van der Waals surface area contributed by atoms with E-state index in [-0.39, 0.29) is 17.3 Å². The second-order valence-electron chi connectivity index (χ2n) is 4.61. The lowest BCUT2D eigenvalue weighted by atomic mass is 10.1. The largest absolute Gasteiger partial charge is 0.465 e. The molecule has 1 aliphatic rings. The average Bonchev–Trinajstić information content (AvgIpc) is 3.10. The molecule has 7 heteroatoms. The smallest absolute Gasteiger partial charge is 0.363 e. The van der Waals surface area contributed by atoms with Gasteiger partial charge in [0, 0.05) is 23.3 Å². The van der Waals surface area contributed by atoms with Gasteiger partial charge >= 0.3 is 5.97 Å². The van der Waals surface area contributed by atoms with Gasteiger partial charge < -0.3 is 9.15 Å². The van der Waals surface area contributed by atoms with E-state index in [0.29, 0.717) is 16.9 Å². The number of nitro benzene ring substituents is 1. The first-order valence-corrected chi connectivity index (χ1v) is 6.36. The van der Waals surface area contributed by atoms with Crippen LogP contribution in [0.2, 0.25) is 0 Å². The summed E-state index contributed by atoms with van der Waals surface area (Å²) in [6.07, 6.45) is 2.92. The summed E-state index contributed by atoms with van der Waals surface area (Å²) in [4.78, 5) is 26.3. The second kappa shape index (κ2) is 5.28. The summed E-state index contributed by atoms with van der Waals surface area (Å²) in [6, 6.07) is 7.88. The normalized spacial score (nSPS) is 15.8. The molecule has 7 nitrogen and oxygen atoms in total. The molecule has 0 unspecified atom stereocenters. The van der Waals surface area contributed by atoms with Crippen LogP contribution in [0.1, 0.15) is 16.9 Å². The molecule has 0 radical (unpaired) electrons. The highest BCUT2D eigenvalue weighted by Gasteiger charge is 2.26. The molecule has 22 heavy (non-hydrogen) atoms. The zero-order valence-electron chi connectivity index (χ0n) is 11.5. The number of carbonyl (C=O) groups excluding carboxylic acids is 1. The number of furan rings is 1. The summed E-state index contributed by atoms with van der Waals surface area (Å²) in [5.74, 6) is -0.132. The van der Waals surface area contributed by atoms with E-state index in [1.165, 1.54) is 18.4 Å². The highest BCUT2D eigenvalue weighted by molar-refractivity contribution is 6.12. The first kappa shape index (κ1) is 13.7. The number of hydrogen-bond acceptors (Lipinski definition) is 6. The van der Waals surface area contributed by atoms with Crippen molar-refractivity contribution in [1.82, 2.24) is 0 Å². The van der Waals surface area contributed by atoms with Crippen LogP contribution in [0.15, 0.2) is 51.7 Å². The lowest BCUT2D eigenvalue weighted by Gasteiger charge is -2.01. The fourth-order valence-corrected chi connectivity index (χ4v) is 1.98. The molecule has 0 amide bonds. The maximum absolute atomic E-state index is 11.8. The van der Waals surface area contributed by atoms with Gasteiger partial charge in [0.05, 0.1) is 11.2 Å². The Hall–Kier alpha value is -3.22. The predicted molar refractivity (Wildman–Crippen MR) is 77.1 cm³/mol. The van der Waals surface area contributed by atoms with Crippen molar-refractivity contribution in [3.05, 3.63) is 69.3 Å². The van der Waals surface area contributed by atoms with Gasteiger partial charge in [0.2, 0.25) is 5.90 Å². The van der Waals surface area contributed by atoms with Crippen molar-refractivity contribution < 1.29 is 18.9 Å². The maximum Gasteiger partial charge on any atom is 0.363 e. The molecule has 0 N–H and O–H groups in total. The number of hydrogen-bond donors (Lipinski definition) is 0. The van der Waals surface area contributed by atoms with E-state index in [1.807, 2.05) is 0 Å². The summed E-state index contributed by atoms with van der Waals surface area (Å²) >= 11 is 0. The topological polar surface area (TPSA) is 94.9 Å². The third kappa shape index (κ3) is 2.51. The van der Waals surface area contributed by atoms with E-state index in [1.54, 1.807) is 31.2 Å². The molecule has 1 aliphatic heterocycles. The predicted octanol–water partition coefficient (Wildman–Crippen LogP) is 2.84. The molecular weight excluding hydrogens is 288 g/mol. The summed E-state index contributed by atoms with van der Waals surface area (Å²) < 4.78 is 10.2. The third-order valence-corrected chi connectivity index (χ3v) is 3.10. The van der Waals surface area contributed by atoms with Gasteiger partial charge in [-0.05, 0) is 25.1 Å². The van der Waals surface area contributed by atoms with E-state index in [9.17, 15) is 14.9 Å². The van der Waals surface area contributed by atoms with Gasteiger partial charge in [-0.3, -0.25) is 10.1 Å². The number of nitro groups is 1. The lowest BCUT2D eigenvalue weighted by Crippen LogP contribution is -2.06. The van der Waals surface area contributed by atoms with Crippen LogP contribution < -0.4 is 0 Å². The Balaban J connectivity index is 1.98. The molecule has 0 atom stereocenters. The van der Waals surface area contributed by atoms with Crippen LogP contribution in [0.3, 0.4) is 0 Å². The van der Waals surface area contributed by atoms with Crippen molar-refractivity contribution in [2.45, 2.75) is 6.92 Å². The fourth-order valence-electron chi connectivity index (χ4n) is 1.98. The molecule has 0 bridgehead atoms. The van der Waals surface area contributed by atoms with Gasteiger partial charge in [0.15, 0.2) is 5.70 Å². The number of cyclic esters (lactones) is 1. The number of aryl methyl sites for hydroxylation is 1. The Morgan fingerprint density at radius 2 is 2.14 bits per heavy atom. The van der Waals surface area contributed by atoms with Crippen LogP contribution in [-0.2, 0) is 9.53 Å². The Kier molecular flexibility index (Phi) is 3.30. The number of aliphatic imine (C=N–C) groups is 1. The van der Waals surface area contributed by atoms with Crippen LogP contribution in [-0.4, -0.2) is 16.8 Å². The molecule has 2 heterocycles. The van der Waals surface area contributed by atoms with Gasteiger partial charge in [0.25, 0.3) is 5.69 Å². The summed E-state index contributed by atoms with van der Waals surface area (Å²) in [6.45, 7) is 1.63. The van der Waals surface area contributed by atoms with Crippen LogP contribution in [0.4, 0.5) is 5.69 Å². The minimum atomic E-state index is -0.630. The van der Waals surface area contributed by atoms with Gasteiger partial charge in [0.1, 0.15) is 5.76 Å². The van der Waals surface area contributed by atoms with Crippen molar-refractivity contribution in [1.29, 1.82) is 0 Å². The Bertz CT molecular complexity index is 818. The summed E-state index contributed by atoms with van der Waals surface area (Å²) in [7, 11) is 0. The number of rotatable bonds is 3. The number of nitrogens with zero attached hydrogens (tertiary/aromatic N) is 2. The number of esters is 1. The van der Waals surface area contributed by atoms with Crippen LogP contribution in [0, 0.1) is 17.0 Å². The second-order valence-corrected chi connectivity index (χ2v) is 4.61.